The highest BCUT2D eigenvalue weighted by atomic mass is 19.3. The van der Waals surface area contributed by atoms with Crippen LogP contribution in [0.1, 0.15) is 11.6 Å². The fourth-order valence-corrected chi connectivity index (χ4v) is 1.80. The van der Waals surface area contributed by atoms with E-state index >= 15 is 0 Å². The Balaban J connectivity index is 2.59. The molecule has 2 rings (SSSR count). The molecule has 1 atom stereocenters. The lowest BCUT2D eigenvalue weighted by atomic mass is 10.0. The Hall–Kier alpha value is -1.55. The first kappa shape index (κ1) is 11.0. The van der Waals surface area contributed by atoms with Gasteiger partial charge in [0.25, 0.3) is 6.43 Å². The molecular formula is C12H12F2N2. The summed E-state index contributed by atoms with van der Waals surface area (Å²) in [6.45, 7) is 0. The van der Waals surface area contributed by atoms with Gasteiger partial charge in [-0.15, -0.1) is 0 Å². The van der Waals surface area contributed by atoms with Gasteiger partial charge in [-0.1, -0.05) is 24.3 Å². The van der Waals surface area contributed by atoms with Crippen LogP contribution in [0.4, 0.5) is 8.78 Å². The van der Waals surface area contributed by atoms with Crippen molar-refractivity contribution in [2.24, 2.45) is 0 Å². The number of hydrogen-bond acceptors (Lipinski definition) is 2. The number of pyridine rings is 1. The van der Waals surface area contributed by atoms with Gasteiger partial charge in [0.1, 0.15) is 0 Å². The zero-order valence-corrected chi connectivity index (χ0v) is 8.82. The molecule has 84 valence electrons. The van der Waals surface area contributed by atoms with Crippen LogP contribution in [0.2, 0.25) is 0 Å². The van der Waals surface area contributed by atoms with Gasteiger partial charge >= 0.3 is 0 Å². The number of benzene rings is 1. The van der Waals surface area contributed by atoms with E-state index in [9.17, 15) is 8.78 Å². The van der Waals surface area contributed by atoms with Gasteiger partial charge in [0, 0.05) is 17.1 Å². The second-order valence-electron chi connectivity index (χ2n) is 3.52. The number of fused-ring (bicyclic) bond motifs is 1. The van der Waals surface area contributed by atoms with Crippen molar-refractivity contribution in [2.45, 2.75) is 12.5 Å². The van der Waals surface area contributed by atoms with Crippen LogP contribution in [-0.4, -0.2) is 18.5 Å². The molecule has 0 radical (unpaired) electrons. The summed E-state index contributed by atoms with van der Waals surface area (Å²) in [4.78, 5) is 4.16. The number of rotatable bonds is 3. The SMILES string of the molecule is CNC(c1cccc2cccnc12)C(F)F. The van der Waals surface area contributed by atoms with E-state index in [1.807, 2.05) is 12.1 Å². The highest BCUT2D eigenvalue weighted by molar-refractivity contribution is 5.82. The van der Waals surface area contributed by atoms with E-state index in [0.29, 0.717) is 11.1 Å². The summed E-state index contributed by atoms with van der Waals surface area (Å²) < 4.78 is 25.6. The van der Waals surface area contributed by atoms with Gasteiger partial charge < -0.3 is 5.32 Å². The zero-order valence-electron chi connectivity index (χ0n) is 8.82. The Morgan fingerprint density at radius 1 is 1.19 bits per heavy atom. The van der Waals surface area contributed by atoms with Gasteiger partial charge in [-0.05, 0) is 13.1 Å². The molecule has 1 aromatic carbocycles. The second kappa shape index (κ2) is 4.53. The average molecular weight is 222 g/mol. The summed E-state index contributed by atoms with van der Waals surface area (Å²) in [6.07, 6.45) is -0.832. The van der Waals surface area contributed by atoms with Crippen LogP contribution in [0.3, 0.4) is 0 Å². The van der Waals surface area contributed by atoms with Crippen LogP contribution in [-0.2, 0) is 0 Å². The molecule has 0 saturated carbocycles. The Bertz CT molecular complexity index is 480. The molecule has 16 heavy (non-hydrogen) atoms. The molecule has 1 heterocycles. The minimum Gasteiger partial charge on any atom is -0.308 e. The predicted octanol–water partition coefficient (Wildman–Crippen LogP) is 2.76. The fraction of sp³-hybridized carbons (Fsp3) is 0.250. The minimum absolute atomic E-state index is 0.538. The van der Waals surface area contributed by atoms with Crippen molar-refractivity contribution >= 4 is 10.9 Å². The molecule has 0 amide bonds. The number of para-hydroxylation sites is 1. The third kappa shape index (κ3) is 1.88. The van der Waals surface area contributed by atoms with Crippen LogP contribution in [0.15, 0.2) is 36.5 Å². The second-order valence-corrected chi connectivity index (χ2v) is 3.52. The minimum atomic E-state index is -2.45. The van der Waals surface area contributed by atoms with Gasteiger partial charge in [-0.25, -0.2) is 8.78 Å². The Kier molecular flexibility index (Phi) is 3.10. The lowest BCUT2D eigenvalue weighted by molar-refractivity contribution is 0.103. The maximum absolute atomic E-state index is 12.8. The molecule has 1 N–H and O–H groups in total. The summed E-state index contributed by atoms with van der Waals surface area (Å²) in [5.74, 6) is 0. The first-order valence-corrected chi connectivity index (χ1v) is 5.03. The molecular weight excluding hydrogens is 210 g/mol. The van der Waals surface area contributed by atoms with Crippen LogP contribution >= 0.6 is 0 Å². The first-order valence-electron chi connectivity index (χ1n) is 5.03. The summed E-state index contributed by atoms with van der Waals surface area (Å²) >= 11 is 0. The molecule has 0 saturated heterocycles. The van der Waals surface area contributed by atoms with E-state index in [4.69, 9.17) is 0 Å². The van der Waals surface area contributed by atoms with Crippen molar-refractivity contribution in [3.63, 3.8) is 0 Å². The van der Waals surface area contributed by atoms with Crippen molar-refractivity contribution in [3.8, 4) is 0 Å². The number of nitrogens with one attached hydrogen (secondary N) is 1. The third-order valence-electron chi connectivity index (χ3n) is 2.56. The molecule has 0 fully saturated rings. The topological polar surface area (TPSA) is 24.9 Å². The van der Waals surface area contributed by atoms with Crippen LogP contribution < -0.4 is 5.32 Å². The Labute approximate surface area is 92.3 Å². The highest BCUT2D eigenvalue weighted by Crippen LogP contribution is 2.26. The maximum atomic E-state index is 12.8. The molecule has 0 aliphatic rings. The van der Waals surface area contributed by atoms with Crippen molar-refractivity contribution in [2.75, 3.05) is 7.05 Å². The molecule has 2 aromatic rings. The number of halogens is 2. The predicted molar refractivity (Wildman–Crippen MR) is 59.5 cm³/mol. The summed E-state index contributed by atoms with van der Waals surface area (Å²) in [5, 5.41) is 3.50. The highest BCUT2D eigenvalue weighted by Gasteiger charge is 2.22. The molecule has 0 aliphatic heterocycles. The zero-order chi connectivity index (χ0) is 11.5. The molecule has 1 aromatic heterocycles. The normalized spacial score (nSPS) is 13.2. The lowest BCUT2D eigenvalue weighted by Crippen LogP contribution is -2.23. The molecule has 1 unspecified atom stereocenters. The van der Waals surface area contributed by atoms with Crippen LogP contribution in [0.5, 0.6) is 0 Å². The standard InChI is InChI=1S/C12H12F2N2/c1-15-11(12(13)14)9-6-2-4-8-5-3-7-16-10(8)9/h2-7,11-12,15H,1H3. The van der Waals surface area contributed by atoms with E-state index in [2.05, 4.69) is 10.3 Å². The average Bonchev–Trinajstić information content (AvgIpc) is 2.30. The van der Waals surface area contributed by atoms with Gasteiger partial charge in [0.05, 0.1) is 11.6 Å². The fourth-order valence-electron chi connectivity index (χ4n) is 1.80. The van der Waals surface area contributed by atoms with Crippen LogP contribution in [0.25, 0.3) is 10.9 Å². The van der Waals surface area contributed by atoms with E-state index in [-0.39, 0.29) is 0 Å². The van der Waals surface area contributed by atoms with Crippen molar-refractivity contribution in [1.29, 1.82) is 0 Å². The van der Waals surface area contributed by atoms with E-state index in [1.54, 1.807) is 24.4 Å². The molecule has 4 heteroatoms. The molecule has 0 spiro atoms. The Morgan fingerprint density at radius 3 is 2.62 bits per heavy atom. The maximum Gasteiger partial charge on any atom is 0.257 e. The largest absolute Gasteiger partial charge is 0.308 e. The quantitative estimate of drug-likeness (QED) is 0.863. The summed E-state index contributed by atoms with van der Waals surface area (Å²) in [7, 11) is 1.53. The summed E-state index contributed by atoms with van der Waals surface area (Å²) in [6, 6.07) is 8.00. The first-order chi connectivity index (χ1) is 7.74. The van der Waals surface area contributed by atoms with E-state index in [0.717, 1.165) is 5.39 Å². The van der Waals surface area contributed by atoms with E-state index < -0.39 is 12.5 Å². The van der Waals surface area contributed by atoms with Crippen molar-refractivity contribution in [1.82, 2.24) is 10.3 Å². The van der Waals surface area contributed by atoms with Gasteiger partial charge in [0.2, 0.25) is 0 Å². The lowest BCUT2D eigenvalue weighted by Gasteiger charge is -2.16. The number of hydrogen-bond donors (Lipinski definition) is 1. The molecule has 0 bridgehead atoms. The smallest absolute Gasteiger partial charge is 0.257 e. The third-order valence-corrected chi connectivity index (χ3v) is 2.56. The van der Waals surface area contributed by atoms with Gasteiger partial charge in [-0.3, -0.25) is 4.98 Å². The number of alkyl halides is 2. The number of nitrogens with zero attached hydrogens (tertiary/aromatic N) is 1. The Morgan fingerprint density at radius 2 is 1.94 bits per heavy atom. The monoisotopic (exact) mass is 222 g/mol. The van der Waals surface area contributed by atoms with Crippen molar-refractivity contribution in [3.05, 3.63) is 42.1 Å². The van der Waals surface area contributed by atoms with E-state index in [1.165, 1.54) is 7.05 Å². The molecule has 0 aliphatic carbocycles. The molecule has 2 nitrogen and oxygen atoms in total. The van der Waals surface area contributed by atoms with Crippen LogP contribution in [0, 0.1) is 0 Å². The number of aromatic nitrogens is 1. The van der Waals surface area contributed by atoms with Crippen molar-refractivity contribution < 1.29 is 8.78 Å². The van der Waals surface area contributed by atoms with Gasteiger partial charge in [-0.2, -0.15) is 0 Å². The van der Waals surface area contributed by atoms with Gasteiger partial charge in [0.15, 0.2) is 0 Å². The summed E-state index contributed by atoms with van der Waals surface area (Å²) in [5.41, 5.74) is 1.17.